The molecule has 0 spiro atoms. The minimum atomic E-state index is 0. The zero-order chi connectivity index (χ0) is 20.1. The zero-order valence-electron chi connectivity index (χ0n) is 18.4. The van der Waals surface area contributed by atoms with Crippen molar-refractivity contribution in [1.82, 2.24) is 29.9 Å². The van der Waals surface area contributed by atoms with E-state index in [4.69, 9.17) is 4.99 Å². The Morgan fingerprint density at radius 3 is 2.76 bits per heavy atom. The summed E-state index contributed by atoms with van der Waals surface area (Å²) in [6, 6.07) is 0.996. The van der Waals surface area contributed by atoms with E-state index in [-0.39, 0.29) is 29.7 Å². The van der Waals surface area contributed by atoms with Gasteiger partial charge in [0.25, 0.3) is 0 Å². The number of nitrogens with zero attached hydrogens (tertiary/aromatic N) is 5. The van der Waals surface area contributed by atoms with E-state index in [0.29, 0.717) is 31.1 Å². The van der Waals surface area contributed by atoms with Crippen LogP contribution in [0.2, 0.25) is 0 Å². The minimum Gasteiger partial charge on any atom is -0.357 e. The van der Waals surface area contributed by atoms with Gasteiger partial charge in [0.15, 0.2) is 5.96 Å². The Bertz CT molecular complexity index is 727. The molecule has 2 aliphatic heterocycles. The van der Waals surface area contributed by atoms with E-state index in [9.17, 15) is 4.79 Å². The fourth-order valence-corrected chi connectivity index (χ4v) is 4.11. The first-order valence-electron chi connectivity index (χ1n) is 10.9. The van der Waals surface area contributed by atoms with Crippen LogP contribution in [-0.4, -0.2) is 63.5 Å². The van der Waals surface area contributed by atoms with Crippen LogP contribution in [0.15, 0.2) is 9.79 Å². The molecule has 0 bridgehead atoms. The molecule has 0 aliphatic carbocycles. The number of aromatic nitrogens is 3. The lowest BCUT2D eigenvalue weighted by molar-refractivity contribution is 0.265. The molecule has 2 aliphatic rings. The molecule has 0 amide bonds. The Balaban J connectivity index is 0.00000300. The maximum absolute atomic E-state index is 12.4. The number of halogens is 1. The van der Waals surface area contributed by atoms with Crippen molar-refractivity contribution < 1.29 is 0 Å². The van der Waals surface area contributed by atoms with Crippen LogP contribution in [0.5, 0.6) is 0 Å². The normalized spacial score (nSPS) is 22.4. The molecule has 166 valence electrons. The minimum absolute atomic E-state index is 0. The number of aliphatic imine (C=N–C) groups is 1. The van der Waals surface area contributed by atoms with Crippen LogP contribution in [-0.2, 0) is 19.5 Å². The average Bonchev–Trinajstić information content (AvgIpc) is 3.20. The van der Waals surface area contributed by atoms with Crippen molar-refractivity contribution in [2.75, 3.05) is 26.2 Å². The molecule has 3 heterocycles. The average molecular weight is 519 g/mol. The molecule has 3 rings (SSSR count). The summed E-state index contributed by atoms with van der Waals surface area (Å²) in [7, 11) is 0. The molecule has 2 N–H and O–H groups in total. The first-order valence-corrected chi connectivity index (χ1v) is 10.9. The molecule has 0 radical (unpaired) electrons. The summed E-state index contributed by atoms with van der Waals surface area (Å²) in [5.74, 6) is 2.42. The van der Waals surface area contributed by atoms with Gasteiger partial charge in [-0.3, -0.25) is 14.5 Å². The first-order chi connectivity index (χ1) is 13.5. The number of hydrogen-bond donors (Lipinski definition) is 2. The molecule has 29 heavy (non-hydrogen) atoms. The number of nitrogens with one attached hydrogen (secondary N) is 2. The fraction of sp³-hybridized carbons (Fsp3) is 0.850. The maximum Gasteiger partial charge on any atom is 0.345 e. The molecular weight excluding hydrogens is 481 g/mol. The van der Waals surface area contributed by atoms with Crippen LogP contribution >= 0.6 is 24.0 Å². The lowest BCUT2D eigenvalue weighted by Gasteiger charge is -2.21. The largest absolute Gasteiger partial charge is 0.357 e. The van der Waals surface area contributed by atoms with Crippen LogP contribution in [0.25, 0.3) is 0 Å². The van der Waals surface area contributed by atoms with Gasteiger partial charge in [-0.05, 0) is 46.0 Å². The molecule has 2 unspecified atom stereocenters. The monoisotopic (exact) mass is 519 g/mol. The topological polar surface area (TPSA) is 79.5 Å². The summed E-state index contributed by atoms with van der Waals surface area (Å²) >= 11 is 0. The van der Waals surface area contributed by atoms with E-state index < -0.39 is 0 Å². The lowest BCUT2D eigenvalue weighted by atomic mass is 10.1. The van der Waals surface area contributed by atoms with Crippen molar-refractivity contribution in [3.63, 3.8) is 0 Å². The summed E-state index contributed by atoms with van der Waals surface area (Å²) in [6.07, 6.45) is 3.94. The second kappa shape index (κ2) is 11.3. The molecule has 8 nitrogen and oxygen atoms in total. The Morgan fingerprint density at radius 2 is 2.10 bits per heavy atom. The quantitative estimate of drug-likeness (QED) is 0.248. The number of likely N-dealkylation sites (tertiary alicyclic amines) is 1. The Morgan fingerprint density at radius 1 is 1.31 bits per heavy atom. The van der Waals surface area contributed by atoms with Crippen LogP contribution < -0.4 is 16.3 Å². The van der Waals surface area contributed by atoms with E-state index in [1.165, 1.54) is 0 Å². The summed E-state index contributed by atoms with van der Waals surface area (Å²) in [5, 5.41) is 11.5. The van der Waals surface area contributed by atoms with E-state index in [0.717, 1.165) is 63.6 Å². The van der Waals surface area contributed by atoms with Gasteiger partial charge in [-0.1, -0.05) is 6.92 Å². The Hall–Kier alpha value is -1.10. The van der Waals surface area contributed by atoms with Crippen LogP contribution in [0, 0.1) is 5.92 Å². The van der Waals surface area contributed by atoms with Gasteiger partial charge < -0.3 is 10.6 Å². The van der Waals surface area contributed by atoms with Gasteiger partial charge in [-0.25, -0.2) is 9.48 Å². The Kier molecular flexibility index (Phi) is 9.45. The molecule has 1 aromatic heterocycles. The number of guanidine groups is 1. The molecule has 1 aromatic rings. The van der Waals surface area contributed by atoms with Gasteiger partial charge in [0, 0.05) is 57.8 Å². The van der Waals surface area contributed by atoms with Crippen molar-refractivity contribution >= 4 is 29.9 Å². The van der Waals surface area contributed by atoms with Crippen LogP contribution in [0.4, 0.5) is 0 Å². The summed E-state index contributed by atoms with van der Waals surface area (Å²) in [4.78, 5) is 19.6. The first kappa shape index (κ1) is 24.2. The second-order valence-corrected chi connectivity index (χ2v) is 8.42. The van der Waals surface area contributed by atoms with Crippen molar-refractivity contribution in [2.24, 2.45) is 10.9 Å². The molecule has 9 heteroatoms. The highest BCUT2D eigenvalue weighted by molar-refractivity contribution is 14.0. The molecular formula is C20H38IN7O. The van der Waals surface area contributed by atoms with Gasteiger partial charge in [0.2, 0.25) is 0 Å². The van der Waals surface area contributed by atoms with E-state index in [2.05, 4.69) is 48.3 Å². The predicted octanol–water partition coefficient (Wildman–Crippen LogP) is 1.67. The Labute approximate surface area is 191 Å². The van der Waals surface area contributed by atoms with Crippen LogP contribution in [0.3, 0.4) is 0 Å². The molecule has 0 aromatic carbocycles. The van der Waals surface area contributed by atoms with Crippen molar-refractivity contribution in [2.45, 2.75) is 78.6 Å². The zero-order valence-corrected chi connectivity index (χ0v) is 20.7. The molecule has 0 saturated carbocycles. The third kappa shape index (κ3) is 6.19. The summed E-state index contributed by atoms with van der Waals surface area (Å²) < 4.78 is 3.45. The van der Waals surface area contributed by atoms with Crippen molar-refractivity contribution in [3.05, 3.63) is 16.3 Å². The van der Waals surface area contributed by atoms with Gasteiger partial charge in [0.05, 0.1) is 0 Å². The lowest BCUT2D eigenvalue weighted by Crippen LogP contribution is -2.46. The number of hydrogen-bond acceptors (Lipinski definition) is 4. The standard InChI is InChI=1S/C20H37N7O.HI/c1-5-21-19(23-17-14-25(15(2)3)13-16(17)4)22-10-8-12-27-20(28)26-11-7-6-9-18(26)24-27;/h15-17H,5-14H2,1-4H3,(H2,21,22,23);1H. The molecule has 1 fully saturated rings. The number of fused-ring (bicyclic) bond motifs is 1. The maximum atomic E-state index is 12.4. The van der Waals surface area contributed by atoms with Crippen molar-refractivity contribution in [1.29, 1.82) is 0 Å². The van der Waals surface area contributed by atoms with Crippen molar-refractivity contribution in [3.8, 4) is 0 Å². The summed E-state index contributed by atoms with van der Waals surface area (Å²) in [5.41, 5.74) is 0.0391. The van der Waals surface area contributed by atoms with E-state index in [1.54, 1.807) is 4.68 Å². The molecule has 2 atom stereocenters. The SMILES string of the molecule is CCNC(=NCCCn1nc2n(c1=O)CCCC2)NC1CN(C(C)C)CC1C.I. The number of aryl methyl sites for hydroxylation is 2. The van der Waals surface area contributed by atoms with Gasteiger partial charge in [-0.2, -0.15) is 5.10 Å². The fourth-order valence-electron chi connectivity index (χ4n) is 4.11. The van der Waals surface area contributed by atoms with Crippen LogP contribution in [0.1, 0.15) is 52.8 Å². The van der Waals surface area contributed by atoms with E-state index in [1.807, 2.05) is 4.57 Å². The highest BCUT2D eigenvalue weighted by Gasteiger charge is 2.31. The number of rotatable bonds is 7. The summed E-state index contributed by atoms with van der Waals surface area (Å²) in [6.45, 7) is 14.0. The highest BCUT2D eigenvalue weighted by Crippen LogP contribution is 2.18. The molecule has 1 saturated heterocycles. The van der Waals surface area contributed by atoms with Gasteiger partial charge >= 0.3 is 5.69 Å². The second-order valence-electron chi connectivity index (χ2n) is 8.42. The smallest absolute Gasteiger partial charge is 0.345 e. The highest BCUT2D eigenvalue weighted by atomic mass is 127. The third-order valence-electron chi connectivity index (χ3n) is 5.87. The predicted molar refractivity (Wildman–Crippen MR) is 128 cm³/mol. The third-order valence-corrected chi connectivity index (χ3v) is 5.87. The van der Waals surface area contributed by atoms with Gasteiger partial charge in [-0.15, -0.1) is 24.0 Å². The van der Waals surface area contributed by atoms with Gasteiger partial charge in [0.1, 0.15) is 5.82 Å². The van der Waals surface area contributed by atoms with E-state index >= 15 is 0 Å².